The van der Waals surface area contributed by atoms with E-state index in [0.717, 1.165) is 15.0 Å². The second-order valence-electron chi connectivity index (χ2n) is 4.24. The second-order valence-corrected chi connectivity index (χ2v) is 6.53. The molecule has 6 heteroatoms. The van der Waals surface area contributed by atoms with Crippen LogP contribution >= 0.6 is 27.3 Å². The lowest BCUT2D eigenvalue weighted by Crippen LogP contribution is -2.20. The van der Waals surface area contributed by atoms with Crippen molar-refractivity contribution in [3.8, 4) is 0 Å². The Morgan fingerprint density at radius 1 is 1.53 bits per heavy atom. The average molecular weight is 341 g/mol. The number of carbonyl (C=O) groups is 1. The number of thiophene rings is 1. The van der Waals surface area contributed by atoms with Crippen molar-refractivity contribution in [3.05, 3.63) is 44.2 Å². The Hall–Kier alpha value is -1.40. The molecule has 0 aliphatic heterocycles. The minimum atomic E-state index is -0.958. The fraction of sp³-hybridized carbons (Fsp3) is 0.231. The molecule has 0 amide bonds. The van der Waals surface area contributed by atoms with Crippen LogP contribution in [0.1, 0.15) is 21.6 Å². The standard InChI is InChI=1S/C13H13BrN2O2S/c1-8-3-4-10(13(17)18)12(15-8)16(2)6-9-5-11(14)19-7-9/h3-5,7H,6H2,1-2H3,(H,17,18). The summed E-state index contributed by atoms with van der Waals surface area (Å²) in [5, 5.41) is 11.2. The Kier molecular flexibility index (Phi) is 4.21. The van der Waals surface area contributed by atoms with E-state index in [2.05, 4.69) is 20.9 Å². The Bertz CT molecular complexity index is 612. The monoisotopic (exact) mass is 340 g/mol. The molecule has 0 aliphatic carbocycles. The number of hydrogen-bond donors (Lipinski definition) is 1. The van der Waals surface area contributed by atoms with E-state index < -0.39 is 5.97 Å². The van der Waals surface area contributed by atoms with Crippen LogP contribution in [0, 0.1) is 6.92 Å². The molecule has 0 radical (unpaired) electrons. The molecule has 2 aromatic heterocycles. The molecule has 0 fully saturated rings. The molecule has 2 aromatic rings. The normalized spacial score (nSPS) is 10.5. The van der Waals surface area contributed by atoms with Gasteiger partial charge in [0, 0.05) is 19.3 Å². The molecule has 0 aromatic carbocycles. The lowest BCUT2D eigenvalue weighted by atomic mass is 10.2. The summed E-state index contributed by atoms with van der Waals surface area (Å²) in [6.07, 6.45) is 0. The third kappa shape index (κ3) is 3.33. The SMILES string of the molecule is Cc1ccc(C(=O)O)c(N(C)Cc2csc(Br)c2)n1. The number of aromatic carboxylic acids is 1. The van der Waals surface area contributed by atoms with Crippen molar-refractivity contribution in [2.24, 2.45) is 0 Å². The summed E-state index contributed by atoms with van der Waals surface area (Å²) >= 11 is 5.03. The highest BCUT2D eigenvalue weighted by Crippen LogP contribution is 2.24. The molecule has 4 nitrogen and oxygen atoms in total. The van der Waals surface area contributed by atoms with Gasteiger partial charge < -0.3 is 10.0 Å². The highest BCUT2D eigenvalue weighted by molar-refractivity contribution is 9.11. The summed E-state index contributed by atoms with van der Waals surface area (Å²) in [7, 11) is 1.85. The van der Waals surface area contributed by atoms with Crippen molar-refractivity contribution in [1.29, 1.82) is 0 Å². The van der Waals surface area contributed by atoms with Crippen LogP contribution in [0.3, 0.4) is 0 Å². The third-order valence-electron chi connectivity index (χ3n) is 2.65. The Balaban J connectivity index is 2.29. The first-order valence-electron chi connectivity index (χ1n) is 5.62. The maximum Gasteiger partial charge on any atom is 0.339 e. The number of carboxylic acid groups (broad SMARTS) is 1. The zero-order chi connectivity index (χ0) is 14.0. The number of rotatable bonds is 4. The van der Waals surface area contributed by atoms with Gasteiger partial charge >= 0.3 is 5.97 Å². The van der Waals surface area contributed by atoms with Crippen molar-refractivity contribution in [3.63, 3.8) is 0 Å². The highest BCUT2D eigenvalue weighted by Gasteiger charge is 2.15. The molecule has 19 heavy (non-hydrogen) atoms. The Morgan fingerprint density at radius 3 is 2.84 bits per heavy atom. The minimum absolute atomic E-state index is 0.224. The third-order valence-corrected chi connectivity index (χ3v) is 4.20. The van der Waals surface area contributed by atoms with Gasteiger partial charge in [-0.05, 0) is 52.0 Å². The van der Waals surface area contributed by atoms with Crippen LogP contribution in [0.5, 0.6) is 0 Å². The van der Waals surface area contributed by atoms with Crippen LogP contribution in [0.2, 0.25) is 0 Å². The van der Waals surface area contributed by atoms with E-state index in [4.69, 9.17) is 0 Å². The number of hydrogen-bond acceptors (Lipinski definition) is 4. The molecule has 0 saturated heterocycles. The van der Waals surface area contributed by atoms with E-state index in [0.29, 0.717) is 12.4 Å². The van der Waals surface area contributed by atoms with Gasteiger partial charge in [0.25, 0.3) is 0 Å². The van der Waals surface area contributed by atoms with E-state index in [9.17, 15) is 9.90 Å². The van der Waals surface area contributed by atoms with Crippen LogP contribution in [0.15, 0.2) is 27.4 Å². The van der Waals surface area contributed by atoms with E-state index >= 15 is 0 Å². The molecule has 0 spiro atoms. The summed E-state index contributed by atoms with van der Waals surface area (Å²) in [6, 6.07) is 5.33. The van der Waals surface area contributed by atoms with Crippen LogP contribution in [-0.2, 0) is 6.54 Å². The molecule has 0 bridgehead atoms. The fourth-order valence-corrected chi connectivity index (χ4v) is 2.98. The fourth-order valence-electron chi connectivity index (χ4n) is 1.78. The van der Waals surface area contributed by atoms with Crippen molar-refractivity contribution in [2.45, 2.75) is 13.5 Å². The molecule has 1 N–H and O–H groups in total. The predicted molar refractivity (Wildman–Crippen MR) is 80.1 cm³/mol. The summed E-state index contributed by atoms with van der Waals surface area (Å²) in [6.45, 7) is 2.48. The van der Waals surface area contributed by atoms with Gasteiger partial charge in [0.2, 0.25) is 0 Å². The zero-order valence-corrected chi connectivity index (χ0v) is 13.0. The van der Waals surface area contributed by atoms with Crippen molar-refractivity contribution < 1.29 is 9.90 Å². The number of anilines is 1. The van der Waals surface area contributed by atoms with Crippen LogP contribution in [0.4, 0.5) is 5.82 Å². The van der Waals surface area contributed by atoms with E-state index in [1.165, 1.54) is 0 Å². The van der Waals surface area contributed by atoms with Crippen molar-refractivity contribution >= 4 is 39.1 Å². The van der Waals surface area contributed by atoms with Crippen molar-refractivity contribution in [1.82, 2.24) is 4.98 Å². The lowest BCUT2D eigenvalue weighted by molar-refractivity contribution is 0.0697. The van der Waals surface area contributed by atoms with E-state index in [1.807, 2.05) is 30.3 Å². The summed E-state index contributed by atoms with van der Waals surface area (Å²) < 4.78 is 1.06. The zero-order valence-electron chi connectivity index (χ0n) is 10.6. The maximum absolute atomic E-state index is 11.2. The molecule has 2 heterocycles. The number of pyridine rings is 1. The van der Waals surface area contributed by atoms with Gasteiger partial charge in [-0.25, -0.2) is 9.78 Å². The second kappa shape index (κ2) is 5.71. The molecular formula is C13H13BrN2O2S. The number of nitrogens with zero attached hydrogens (tertiary/aromatic N) is 2. The first-order chi connectivity index (χ1) is 8.97. The Labute approximate surface area is 123 Å². The quantitative estimate of drug-likeness (QED) is 0.924. The van der Waals surface area contributed by atoms with Gasteiger partial charge in [-0.1, -0.05) is 0 Å². The summed E-state index contributed by atoms with van der Waals surface area (Å²) in [5.74, 6) is -0.462. The molecule has 0 saturated carbocycles. The van der Waals surface area contributed by atoms with Gasteiger partial charge in [-0.3, -0.25) is 0 Å². The topological polar surface area (TPSA) is 53.4 Å². The largest absolute Gasteiger partial charge is 0.478 e. The van der Waals surface area contributed by atoms with Crippen LogP contribution < -0.4 is 4.90 Å². The van der Waals surface area contributed by atoms with Crippen molar-refractivity contribution in [2.75, 3.05) is 11.9 Å². The number of carboxylic acids is 1. The molecule has 2 rings (SSSR count). The lowest BCUT2D eigenvalue weighted by Gasteiger charge is -2.19. The van der Waals surface area contributed by atoms with Gasteiger partial charge in [-0.2, -0.15) is 0 Å². The van der Waals surface area contributed by atoms with Gasteiger partial charge in [-0.15, -0.1) is 11.3 Å². The molecular weight excluding hydrogens is 328 g/mol. The van der Waals surface area contributed by atoms with E-state index in [1.54, 1.807) is 23.5 Å². The summed E-state index contributed by atoms with van der Waals surface area (Å²) in [4.78, 5) is 17.4. The first-order valence-corrected chi connectivity index (χ1v) is 7.29. The van der Waals surface area contributed by atoms with Crippen LogP contribution in [-0.4, -0.2) is 23.1 Å². The van der Waals surface area contributed by atoms with Gasteiger partial charge in [0.1, 0.15) is 11.4 Å². The Morgan fingerprint density at radius 2 is 2.26 bits per heavy atom. The first kappa shape index (κ1) is 14.0. The van der Waals surface area contributed by atoms with Gasteiger partial charge in [0.15, 0.2) is 0 Å². The molecule has 0 unspecified atom stereocenters. The molecule has 100 valence electrons. The average Bonchev–Trinajstić information content (AvgIpc) is 2.74. The number of aryl methyl sites for hydroxylation is 1. The van der Waals surface area contributed by atoms with Gasteiger partial charge in [0.05, 0.1) is 3.79 Å². The molecule has 0 atom stereocenters. The minimum Gasteiger partial charge on any atom is -0.478 e. The number of aromatic nitrogens is 1. The smallest absolute Gasteiger partial charge is 0.339 e. The number of halogens is 1. The van der Waals surface area contributed by atoms with E-state index in [-0.39, 0.29) is 5.56 Å². The summed E-state index contributed by atoms with van der Waals surface area (Å²) in [5.41, 5.74) is 2.15. The maximum atomic E-state index is 11.2. The molecule has 0 aliphatic rings. The highest BCUT2D eigenvalue weighted by atomic mass is 79.9. The van der Waals surface area contributed by atoms with Crippen LogP contribution in [0.25, 0.3) is 0 Å². The predicted octanol–water partition coefficient (Wildman–Crippen LogP) is 3.55.